The van der Waals surface area contributed by atoms with Crippen LogP contribution in [-0.4, -0.2) is 13.1 Å². The molecule has 0 bridgehead atoms. The minimum atomic E-state index is 1.05. The Kier molecular flexibility index (Phi) is 6.93. The van der Waals surface area contributed by atoms with Crippen LogP contribution in [0.25, 0.3) is 0 Å². The van der Waals surface area contributed by atoms with Gasteiger partial charge in [-0.2, -0.15) is 0 Å². The van der Waals surface area contributed by atoms with Crippen LogP contribution >= 0.6 is 0 Å². The van der Waals surface area contributed by atoms with Crippen LogP contribution in [0.2, 0.25) is 0 Å². The molecule has 0 spiro atoms. The first-order valence-corrected chi connectivity index (χ1v) is 3.41. The van der Waals surface area contributed by atoms with Crippen LogP contribution in [0.3, 0.4) is 0 Å². The average Bonchev–Trinajstić information content (AvgIpc) is 1.81. The molecule has 0 aliphatic heterocycles. The highest BCUT2D eigenvalue weighted by Gasteiger charge is 1.80. The van der Waals surface area contributed by atoms with Crippen LogP contribution in [0.1, 0.15) is 26.2 Å². The molecule has 49 valence electrons. The summed E-state index contributed by atoms with van der Waals surface area (Å²) in [4.78, 5) is 0. The van der Waals surface area contributed by atoms with E-state index in [4.69, 9.17) is 0 Å². The summed E-state index contributed by atoms with van der Waals surface area (Å²) in [6, 6.07) is 0. The SMILES string of the molecule is [CH2]CCCNCCC. The van der Waals surface area contributed by atoms with Crippen molar-refractivity contribution in [3.63, 3.8) is 0 Å². The van der Waals surface area contributed by atoms with Crippen molar-refractivity contribution >= 4 is 0 Å². The summed E-state index contributed by atoms with van der Waals surface area (Å²) in [5, 5.41) is 3.30. The first-order valence-electron chi connectivity index (χ1n) is 3.41. The Bertz CT molecular complexity index is 29.4. The molecule has 0 aromatic rings. The number of hydrogen-bond acceptors (Lipinski definition) is 1. The summed E-state index contributed by atoms with van der Waals surface area (Å²) in [7, 11) is 0. The van der Waals surface area contributed by atoms with E-state index in [0.717, 1.165) is 19.5 Å². The summed E-state index contributed by atoms with van der Waals surface area (Å²) in [6.45, 7) is 8.21. The van der Waals surface area contributed by atoms with Crippen molar-refractivity contribution in [2.24, 2.45) is 0 Å². The molecule has 0 aromatic heterocycles. The van der Waals surface area contributed by atoms with Gasteiger partial charge in [0.25, 0.3) is 0 Å². The highest BCUT2D eigenvalue weighted by Crippen LogP contribution is 1.81. The summed E-state index contributed by atoms with van der Waals surface area (Å²) in [5.74, 6) is 0. The Morgan fingerprint density at radius 2 is 2.12 bits per heavy atom. The summed E-state index contributed by atoms with van der Waals surface area (Å²) < 4.78 is 0. The van der Waals surface area contributed by atoms with E-state index in [-0.39, 0.29) is 0 Å². The third kappa shape index (κ3) is 5.96. The lowest BCUT2D eigenvalue weighted by atomic mass is 10.3. The molecule has 1 nitrogen and oxygen atoms in total. The maximum absolute atomic E-state index is 3.74. The van der Waals surface area contributed by atoms with E-state index in [1.165, 1.54) is 12.8 Å². The maximum Gasteiger partial charge on any atom is -0.00489 e. The predicted molar refractivity (Wildman–Crippen MR) is 37.8 cm³/mol. The van der Waals surface area contributed by atoms with E-state index in [0.29, 0.717) is 0 Å². The highest BCUT2D eigenvalue weighted by atomic mass is 14.8. The van der Waals surface area contributed by atoms with Crippen molar-refractivity contribution < 1.29 is 0 Å². The first-order chi connectivity index (χ1) is 3.91. The molecule has 1 radical (unpaired) electrons. The van der Waals surface area contributed by atoms with Crippen LogP contribution in [0, 0.1) is 6.92 Å². The first kappa shape index (κ1) is 7.96. The second-order valence-corrected chi connectivity index (χ2v) is 1.96. The van der Waals surface area contributed by atoms with Crippen LogP contribution in [-0.2, 0) is 0 Å². The Labute approximate surface area is 52.5 Å². The molecule has 0 atom stereocenters. The second-order valence-electron chi connectivity index (χ2n) is 1.96. The average molecular weight is 114 g/mol. The maximum atomic E-state index is 3.74. The van der Waals surface area contributed by atoms with Crippen molar-refractivity contribution in [2.45, 2.75) is 26.2 Å². The summed E-state index contributed by atoms with van der Waals surface area (Å²) in [5.41, 5.74) is 0. The minimum absolute atomic E-state index is 1.05. The quantitative estimate of drug-likeness (QED) is 0.535. The smallest absolute Gasteiger partial charge is 0.00489 e. The van der Waals surface area contributed by atoms with Gasteiger partial charge in [-0.05, 0) is 25.9 Å². The zero-order chi connectivity index (χ0) is 6.24. The number of hydrogen-bond donors (Lipinski definition) is 1. The van der Waals surface area contributed by atoms with Gasteiger partial charge in [-0.25, -0.2) is 0 Å². The van der Waals surface area contributed by atoms with Crippen molar-refractivity contribution in [3.8, 4) is 0 Å². The highest BCUT2D eigenvalue weighted by molar-refractivity contribution is 4.46. The monoisotopic (exact) mass is 114 g/mol. The molecular formula is C7H16N. The Hall–Kier alpha value is -0.0400. The molecule has 0 aliphatic carbocycles. The molecule has 0 rings (SSSR count). The molecule has 1 heteroatoms. The molecule has 1 N–H and O–H groups in total. The molecule has 8 heavy (non-hydrogen) atoms. The Morgan fingerprint density at radius 3 is 2.62 bits per heavy atom. The van der Waals surface area contributed by atoms with Crippen LogP contribution < -0.4 is 5.32 Å². The minimum Gasteiger partial charge on any atom is -0.317 e. The molecule has 0 unspecified atom stereocenters. The van der Waals surface area contributed by atoms with E-state index < -0.39 is 0 Å². The van der Waals surface area contributed by atoms with Crippen LogP contribution in [0.5, 0.6) is 0 Å². The lowest BCUT2D eigenvalue weighted by Crippen LogP contribution is -2.15. The molecule has 0 aromatic carbocycles. The zero-order valence-electron chi connectivity index (χ0n) is 5.74. The molecule has 0 heterocycles. The van der Waals surface area contributed by atoms with Gasteiger partial charge in [-0.3, -0.25) is 0 Å². The number of rotatable bonds is 5. The molecule has 0 amide bonds. The molecule has 0 fully saturated rings. The normalized spacial score (nSPS) is 9.75. The number of unbranched alkanes of at least 4 members (excludes halogenated alkanes) is 1. The van der Waals surface area contributed by atoms with Gasteiger partial charge in [0.15, 0.2) is 0 Å². The second kappa shape index (κ2) is 6.96. The van der Waals surface area contributed by atoms with E-state index in [1.807, 2.05) is 0 Å². The molecule has 0 saturated carbocycles. The third-order valence-corrected chi connectivity index (χ3v) is 1.03. The van der Waals surface area contributed by atoms with Gasteiger partial charge in [-0.15, -0.1) is 0 Å². The predicted octanol–water partition coefficient (Wildman–Crippen LogP) is 1.60. The van der Waals surface area contributed by atoms with Crippen molar-refractivity contribution in [3.05, 3.63) is 6.92 Å². The van der Waals surface area contributed by atoms with E-state index in [9.17, 15) is 0 Å². The third-order valence-electron chi connectivity index (χ3n) is 1.03. The van der Waals surface area contributed by atoms with Crippen molar-refractivity contribution in [1.82, 2.24) is 5.32 Å². The Morgan fingerprint density at radius 1 is 1.38 bits per heavy atom. The molecular weight excluding hydrogens is 98.1 g/mol. The standard InChI is InChI=1S/C7H16N/c1-3-5-7-8-6-4-2/h8H,1,3-7H2,2H3. The van der Waals surface area contributed by atoms with Gasteiger partial charge >= 0.3 is 0 Å². The van der Waals surface area contributed by atoms with E-state index in [1.54, 1.807) is 0 Å². The fourth-order valence-corrected chi connectivity index (χ4v) is 0.552. The van der Waals surface area contributed by atoms with E-state index in [2.05, 4.69) is 19.2 Å². The largest absolute Gasteiger partial charge is 0.317 e. The van der Waals surface area contributed by atoms with E-state index >= 15 is 0 Å². The lowest BCUT2D eigenvalue weighted by molar-refractivity contribution is 0.644. The van der Waals surface area contributed by atoms with Crippen molar-refractivity contribution in [1.29, 1.82) is 0 Å². The summed E-state index contributed by atoms with van der Waals surface area (Å²) >= 11 is 0. The van der Waals surface area contributed by atoms with Crippen LogP contribution in [0.15, 0.2) is 0 Å². The van der Waals surface area contributed by atoms with Gasteiger partial charge in [-0.1, -0.05) is 20.3 Å². The van der Waals surface area contributed by atoms with Crippen LogP contribution in [0.4, 0.5) is 0 Å². The molecule has 0 saturated heterocycles. The fourth-order valence-electron chi connectivity index (χ4n) is 0.552. The number of nitrogens with one attached hydrogen (secondary N) is 1. The van der Waals surface area contributed by atoms with Gasteiger partial charge < -0.3 is 5.32 Å². The topological polar surface area (TPSA) is 12.0 Å². The Balaban J connectivity index is 2.53. The summed E-state index contributed by atoms with van der Waals surface area (Å²) in [6.07, 6.45) is 3.49. The lowest BCUT2D eigenvalue weighted by Gasteiger charge is -1.98. The fraction of sp³-hybridized carbons (Fsp3) is 0.857. The van der Waals surface area contributed by atoms with Gasteiger partial charge in [0, 0.05) is 0 Å². The van der Waals surface area contributed by atoms with Crippen molar-refractivity contribution in [2.75, 3.05) is 13.1 Å². The van der Waals surface area contributed by atoms with Gasteiger partial charge in [0.2, 0.25) is 0 Å². The van der Waals surface area contributed by atoms with Gasteiger partial charge in [0.05, 0.1) is 0 Å². The zero-order valence-corrected chi connectivity index (χ0v) is 5.74. The van der Waals surface area contributed by atoms with Gasteiger partial charge in [0.1, 0.15) is 0 Å². The molecule has 0 aliphatic rings.